The highest BCUT2D eigenvalue weighted by Gasteiger charge is 2.26. The standard InChI is InChI=1S/C23H19BrN4OS/c1-2-11-30-23-26-22-20(27-28-23)18-13-17(24)9-10-19(18)25-21(29-22)16-8-7-14-5-3-4-6-15(14)12-16/h3-10,12-13,21,25H,2,11H2,1H3/t21-/m0/s1. The Morgan fingerprint density at radius 2 is 1.90 bits per heavy atom. The summed E-state index contributed by atoms with van der Waals surface area (Å²) in [7, 11) is 0. The molecule has 0 amide bonds. The Morgan fingerprint density at radius 1 is 1.03 bits per heavy atom. The molecule has 3 aromatic carbocycles. The SMILES string of the molecule is CCCSc1nnc2c(n1)O[C@@H](c1ccc3ccccc3c1)Nc1ccc(Br)cc1-2. The molecule has 1 N–H and O–H groups in total. The van der Waals surface area contributed by atoms with Crippen LogP contribution in [0.2, 0.25) is 0 Å². The van der Waals surface area contributed by atoms with Gasteiger partial charge in [0.15, 0.2) is 11.9 Å². The second kappa shape index (κ2) is 8.24. The van der Waals surface area contributed by atoms with Crippen LogP contribution < -0.4 is 10.1 Å². The van der Waals surface area contributed by atoms with Crippen molar-refractivity contribution in [3.8, 4) is 17.1 Å². The molecule has 1 aliphatic heterocycles. The molecule has 0 aliphatic carbocycles. The van der Waals surface area contributed by atoms with Gasteiger partial charge in [-0.2, -0.15) is 4.98 Å². The van der Waals surface area contributed by atoms with Gasteiger partial charge in [-0.15, -0.1) is 10.2 Å². The van der Waals surface area contributed by atoms with E-state index in [0.29, 0.717) is 16.7 Å². The lowest BCUT2D eigenvalue weighted by Crippen LogP contribution is -2.17. The number of benzene rings is 3. The third-order valence-electron chi connectivity index (χ3n) is 4.90. The van der Waals surface area contributed by atoms with E-state index >= 15 is 0 Å². The maximum Gasteiger partial charge on any atom is 0.247 e. The van der Waals surface area contributed by atoms with Crippen LogP contribution in [-0.4, -0.2) is 20.9 Å². The van der Waals surface area contributed by atoms with Gasteiger partial charge in [0.25, 0.3) is 0 Å². The molecule has 150 valence electrons. The number of fused-ring (bicyclic) bond motifs is 4. The van der Waals surface area contributed by atoms with Crippen molar-refractivity contribution in [3.63, 3.8) is 0 Å². The van der Waals surface area contributed by atoms with Gasteiger partial charge in [-0.1, -0.05) is 71.0 Å². The van der Waals surface area contributed by atoms with Crippen LogP contribution in [-0.2, 0) is 0 Å². The molecule has 0 bridgehead atoms. The van der Waals surface area contributed by atoms with Gasteiger partial charge < -0.3 is 10.1 Å². The van der Waals surface area contributed by atoms with Gasteiger partial charge in [-0.25, -0.2) is 0 Å². The minimum absolute atomic E-state index is 0.392. The van der Waals surface area contributed by atoms with Crippen molar-refractivity contribution in [2.75, 3.05) is 11.1 Å². The molecule has 0 fully saturated rings. The van der Waals surface area contributed by atoms with Gasteiger partial charge in [-0.3, -0.25) is 0 Å². The number of halogens is 1. The minimum atomic E-state index is -0.392. The van der Waals surface area contributed by atoms with Crippen LogP contribution in [0.25, 0.3) is 22.0 Å². The molecule has 4 aromatic rings. The summed E-state index contributed by atoms with van der Waals surface area (Å²) in [5.74, 6) is 1.43. The van der Waals surface area contributed by atoms with Gasteiger partial charge in [0, 0.05) is 27.0 Å². The first-order chi connectivity index (χ1) is 14.7. The number of hydrogen-bond donors (Lipinski definition) is 1. The van der Waals surface area contributed by atoms with Gasteiger partial charge in [0.1, 0.15) is 0 Å². The van der Waals surface area contributed by atoms with Crippen molar-refractivity contribution in [3.05, 3.63) is 70.7 Å². The van der Waals surface area contributed by atoms with E-state index in [1.165, 1.54) is 10.8 Å². The molecular formula is C23H19BrN4OS. The number of nitrogens with zero attached hydrogens (tertiary/aromatic N) is 3. The molecule has 0 saturated heterocycles. The number of rotatable bonds is 4. The van der Waals surface area contributed by atoms with E-state index in [9.17, 15) is 0 Å². The highest BCUT2D eigenvalue weighted by Crippen LogP contribution is 2.41. The Hall–Kier alpha value is -2.64. The fourth-order valence-electron chi connectivity index (χ4n) is 3.45. The lowest BCUT2D eigenvalue weighted by molar-refractivity contribution is 0.225. The van der Waals surface area contributed by atoms with E-state index < -0.39 is 6.23 Å². The van der Waals surface area contributed by atoms with E-state index in [1.807, 2.05) is 30.3 Å². The normalized spacial score (nSPS) is 14.9. The predicted molar refractivity (Wildman–Crippen MR) is 125 cm³/mol. The highest BCUT2D eigenvalue weighted by molar-refractivity contribution is 9.10. The maximum atomic E-state index is 6.38. The van der Waals surface area contributed by atoms with E-state index in [-0.39, 0.29) is 0 Å². The van der Waals surface area contributed by atoms with Gasteiger partial charge in [0.05, 0.1) is 0 Å². The first kappa shape index (κ1) is 19.3. The summed E-state index contributed by atoms with van der Waals surface area (Å²) in [5.41, 5.74) is 3.51. The number of nitrogens with one attached hydrogen (secondary N) is 1. The van der Waals surface area contributed by atoms with Crippen LogP contribution >= 0.6 is 27.7 Å². The zero-order valence-corrected chi connectivity index (χ0v) is 18.7. The topological polar surface area (TPSA) is 59.9 Å². The lowest BCUT2D eigenvalue weighted by atomic mass is 10.1. The first-order valence-corrected chi connectivity index (χ1v) is 11.6. The van der Waals surface area contributed by atoms with Crippen molar-refractivity contribution < 1.29 is 4.74 Å². The maximum absolute atomic E-state index is 6.38. The summed E-state index contributed by atoms with van der Waals surface area (Å²) >= 11 is 5.15. The summed E-state index contributed by atoms with van der Waals surface area (Å²) in [6.07, 6.45) is 0.653. The second-order valence-corrected chi connectivity index (χ2v) is 9.01. The molecule has 0 saturated carbocycles. The monoisotopic (exact) mass is 478 g/mol. The number of thioether (sulfide) groups is 1. The van der Waals surface area contributed by atoms with Gasteiger partial charge in [0.2, 0.25) is 11.0 Å². The average Bonchev–Trinajstić information content (AvgIpc) is 2.93. The molecule has 1 aliphatic rings. The zero-order chi connectivity index (χ0) is 20.5. The molecule has 7 heteroatoms. The van der Waals surface area contributed by atoms with E-state index in [1.54, 1.807) is 11.8 Å². The Morgan fingerprint density at radius 3 is 2.77 bits per heavy atom. The van der Waals surface area contributed by atoms with Crippen LogP contribution in [0.4, 0.5) is 5.69 Å². The Kier molecular flexibility index (Phi) is 5.31. The van der Waals surface area contributed by atoms with Crippen molar-refractivity contribution >= 4 is 44.2 Å². The van der Waals surface area contributed by atoms with Crippen molar-refractivity contribution in [2.24, 2.45) is 0 Å². The van der Waals surface area contributed by atoms with Crippen LogP contribution in [0, 0.1) is 0 Å². The summed E-state index contributed by atoms with van der Waals surface area (Å²) in [4.78, 5) is 4.69. The Bertz CT molecular complexity index is 1230. The molecule has 0 spiro atoms. The van der Waals surface area contributed by atoms with Crippen molar-refractivity contribution in [1.82, 2.24) is 15.2 Å². The summed E-state index contributed by atoms with van der Waals surface area (Å²) in [6, 6.07) is 20.7. The summed E-state index contributed by atoms with van der Waals surface area (Å²) in [6.45, 7) is 2.13. The quantitative estimate of drug-likeness (QED) is 0.339. The zero-order valence-electron chi connectivity index (χ0n) is 16.3. The van der Waals surface area contributed by atoms with E-state index in [4.69, 9.17) is 4.74 Å². The minimum Gasteiger partial charge on any atom is -0.448 e. The number of hydrogen-bond acceptors (Lipinski definition) is 6. The van der Waals surface area contributed by atoms with Crippen molar-refractivity contribution in [2.45, 2.75) is 24.7 Å². The molecular weight excluding hydrogens is 460 g/mol. The molecule has 1 aromatic heterocycles. The highest BCUT2D eigenvalue weighted by atomic mass is 79.9. The number of aromatic nitrogens is 3. The Labute approximate surface area is 187 Å². The second-order valence-electron chi connectivity index (χ2n) is 7.04. The molecule has 5 nitrogen and oxygen atoms in total. The lowest BCUT2D eigenvalue weighted by Gasteiger charge is -2.20. The number of ether oxygens (including phenoxy) is 1. The molecule has 1 atom stereocenters. The van der Waals surface area contributed by atoms with Gasteiger partial charge >= 0.3 is 0 Å². The third-order valence-corrected chi connectivity index (χ3v) is 6.44. The van der Waals surface area contributed by atoms with Crippen LogP contribution in [0.5, 0.6) is 5.88 Å². The third kappa shape index (κ3) is 3.75. The van der Waals surface area contributed by atoms with E-state index in [2.05, 4.69) is 73.7 Å². The number of anilines is 1. The van der Waals surface area contributed by atoms with Crippen LogP contribution in [0.1, 0.15) is 25.1 Å². The average molecular weight is 479 g/mol. The summed E-state index contributed by atoms with van der Waals surface area (Å²) in [5, 5.41) is 15.3. The first-order valence-electron chi connectivity index (χ1n) is 9.80. The Balaban J connectivity index is 1.61. The van der Waals surface area contributed by atoms with Crippen molar-refractivity contribution in [1.29, 1.82) is 0 Å². The summed E-state index contributed by atoms with van der Waals surface area (Å²) < 4.78 is 7.34. The molecule has 0 unspecified atom stereocenters. The fraction of sp³-hybridized carbons (Fsp3) is 0.174. The fourth-order valence-corrected chi connectivity index (χ4v) is 4.44. The van der Waals surface area contributed by atoms with E-state index in [0.717, 1.165) is 33.5 Å². The molecule has 5 rings (SSSR count). The van der Waals surface area contributed by atoms with Crippen LogP contribution in [0.3, 0.4) is 0 Å². The predicted octanol–water partition coefficient (Wildman–Crippen LogP) is 6.46. The smallest absolute Gasteiger partial charge is 0.247 e. The van der Waals surface area contributed by atoms with Crippen LogP contribution in [0.15, 0.2) is 70.3 Å². The van der Waals surface area contributed by atoms with Gasteiger partial charge in [-0.05, 0) is 41.5 Å². The largest absolute Gasteiger partial charge is 0.448 e. The molecule has 2 heterocycles. The molecule has 30 heavy (non-hydrogen) atoms. The molecule has 0 radical (unpaired) electrons.